The molecule has 0 aliphatic carbocycles. The van der Waals surface area contributed by atoms with Crippen molar-refractivity contribution in [3.63, 3.8) is 0 Å². The predicted molar refractivity (Wildman–Crippen MR) is 108 cm³/mol. The van der Waals surface area contributed by atoms with E-state index in [9.17, 15) is 0 Å². The number of hydrogen-bond acceptors (Lipinski definition) is 5. The molecular weight excluding hydrogens is 340 g/mol. The molecule has 0 saturated carbocycles. The van der Waals surface area contributed by atoms with E-state index in [2.05, 4.69) is 50.6 Å². The quantitative estimate of drug-likeness (QED) is 0.455. The Morgan fingerprint density at radius 3 is 2.62 bits per heavy atom. The van der Waals surface area contributed by atoms with Crippen LogP contribution in [0.4, 0.5) is 11.5 Å². The van der Waals surface area contributed by atoms with Crippen molar-refractivity contribution < 1.29 is 0 Å². The lowest BCUT2D eigenvalue weighted by molar-refractivity contribution is 1.23. The molecule has 0 aliphatic rings. The summed E-state index contributed by atoms with van der Waals surface area (Å²) in [5, 5.41) is 5.56. The van der Waals surface area contributed by atoms with Crippen LogP contribution >= 0.6 is 11.3 Å². The minimum absolute atomic E-state index is 0.798. The largest absolute Gasteiger partial charge is 0.338 e. The lowest BCUT2D eigenvalue weighted by Crippen LogP contribution is -1.96. The normalized spacial score (nSPS) is 11.1. The topological polar surface area (TPSA) is 50.7 Å². The van der Waals surface area contributed by atoms with E-state index in [1.54, 1.807) is 23.9 Å². The second-order valence-corrected chi connectivity index (χ2v) is 6.95. The third-order valence-corrected chi connectivity index (χ3v) is 5.37. The van der Waals surface area contributed by atoms with Crippen molar-refractivity contribution in [2.24, 2.45) is 0 Å². The van der Waals surface area contributed by atoms with E-state index in [0.29, 0.717) is 0 Å². The van der Waals surface area contributed by atoms with Crippen molar-refractivity contribution in [2.75, 3.05) is 5.32 Å². The van der Waals surface area contributed by atoms with Crippen LogP contribution in [0, 0.1) is 0 Å². The standard InChI is InChI=1S/C21H14N4S/c1-2-6-14(7-3-1)18-12-16-20(23-13-24-21(16)26-18)25-17-10-4-8-15-9-5-11-22-19(15)17/h1-13H,(H,23,24,25). The lowest BCUT2D eigenvalue weighted by Gasteiger charge is -2.08. The highest BCUT2D eigenvalue weighted by atomic mass is 32.1. The zero-order valence-electron chi connectivity index (χ0n) is 13.8. The highest BCUT2D eigenvalue weighted by Gasteiger charge is 2.11. The molecule has 1 N–H and O–H groups in total. The van der Waals surface area contributed by atoms with Crippen molar-refractivity contribution in [3.8, 4) is 10.4 Å². The maximum absolute atomic E-state index is 4.51. The minimum Gasteiger partial charge on any atom is -0.338 e. The summed E-state index contributed by atoms with van der Waals surface area (Å²) in [6.07, 6.45) is 3.41. The number of fused-ring (bicyclic) bond motifs is 2. The summed E-state index contributed by atoms with van der Waals surface area (Å²) >= 11 is 1.67. The van der Waals surface area contributed by atoms with Crippen molar-refractivity contribution in [1.82, 2.24) is 15.0 Å². The van der Waals surface area contributed by atoms with Gasteiger partial charge in [0, 0.05) is 16.5 Å². The number of nitrogens with one attached hydrogen (secondary N) is 1. The third-order valence-electron chi connectivity index (χ3n) is 4.27. The number of aromatic nitrogens is 3. The number of thiophene rings is 1. The first-order valence-corrected chi connectivity index (χ1v) is 9.11. The molecule has 0 saturated heterocycles. The van der Waals surface area contributed by atoms with Gasteiger partial charge in [0.05, 0.1) is 16.6 Å². The second kappa shape index (κ2) is 6.20. The van der Waals surface area contributed by atoms with Gasteiger partial charge in [-0.3, -0.25) is 4.98 Å². The maximum Gasteiger partial charge on any atom is 0.142 e. The summed E-state index contributed by atoms with van der Waals surface area (Å²) in [7, 11) is 0. The monoisotopic (exact) mass is 354 g/mol. The summed E-state index contributed by atoms with van der Waals surface area (Å²) in [5.74, 6) is 0.798. The SMILES string of the molecule is c1ccc(-c2cc3c(Nc4cccc5cccnc45)ncnc3s2)cc1. The Morgan fingerprint density at radius 1 is 0.808 bits per heavy atom. The average Bonchev–Trinajstić information content (AvgIpc) is 3.14. The predicted octanol–water partition coefficient (Wildman–Crippen LogP) is 5.65. The molecule has 0 spiro atoms. The first-order chi connectivity index (χ1) is 12.9. The van der Waals surface area contributed by atoms with Gasteiger partial charge in [-0.2, -0.15) is 0 Å². The molecule has 0 fully saturated rings. The van der Waals surface area contributed by atoms with Crippen molar-refractivity contribution >= 4 is 44.0 Å². The van der Waals surface area contributed by atoms with Gasteiger partial charge in [-0.25, -0.2) is 9.97 Å². The number of rotatable bonds is 3. The first-order valence-electron chi connectivity index (χ1n) is 8.29. The number of anilines is 2. The smallest absolute Gasteiger partial charge is 0.142 e. The molecule has 2 aromatic carbocycles. The minimum atomic E-state index is 0.798. The number of nitrogens with zero attached hydrogens (tertiary/aromatic N) is 3. The summed E-state index contributed by atoms with van der Waals surface area (Å²) in [4.78, 5) is 15.6. The Labute approximate surface area is 154 Å². The summed E-state index contributed by atoms with van der Waals surface area (Å²) < 4.78 is 0. The maximum atomic E-state index is 4.51. The number of pyridine rings is 1. The molecule has 0 amide bonds. The molecule has 4 nitrogen and oxygen atoms in total. The summed E-state index contributed by atoms with van der Waals surface area (Å²) in [5.41, 5.74) is 3.06. The van der Waals surface area contributed by atoms with E-state index >= 15 is 0 Å². The van der Waals surface area contributed by atoms with Crippen LogP contribution in [0.5, 0.6) is 0 Å². The molecule has 0 radical (unpaired) electrons. The van der Waals surface area contributed by atoms with E-state index in [-0.39, 0.29) is 0 Å². The fraction of sp³-hybridized carbons (Fsp3) is 0. The van der Waals surface area contributed by atoms with Crippen molar-refractivity contribution in [3.05, 3.63) is 79.3 Å². The van der Waals surface area contributed by atoms with E-state index in [4.69, 9.17) is 0 Å². The number of benzene rings is 2. The molecule has 3 heterocycles. The molecule has 5 heteroatoms. The van der Waals surface area contributed by atoms with Crippen LogP contribution < -0.4 is 5.32 Å². The Morgan fingerprint density at radius 2 is 1.69 bits per heavy atom. The molecule has 0 bridgehead atoms. The number of hydrogen-bond donors (Lipinski definition) is 1. The summed E-state index contributed by atoms with van der Waals surface area (Å²) in [6, 6.07) is 22.6. The second-order valence-electron chi connectivity index (χ2n) is 5.92. The Hall–Kier alpha value is -3.31. The summed E-state index contributed by atoms with van der Waals surface area (Å²) in [6.45, 7) is 0. The third kappa shape index (κ3) is 2.59. The Bertz CT molecular complexity index is 1210. The fourth-order valence-corrected chi connectivity index (χ4v) is 4.04. The molecule has 124 valence electrons. The van der Waals surface area contributed by atoms with Crippen LogP contribution in [-0.2, 0) is 0 Å². The van der Waals surface area contributed by atoms with Gasteiger partial charge in [0.15, 0.2) is 0 Å². The average molecular weight is 354 g/mol. The van der Waals surface area contributed by atoms with E-state index in [1.165, 1.54) is 10.4 Å². The molecule has 0 aliphatic heterocycles. The molecule has 5 aromatic rings. The highest BCUT2D eigenvalue weighted by molar-refractivity contribution is 7.21. The van der Waals surface area contributed by atoms with Gasteiger partial charge in [-0.1, -0.05) is 48.5 Å². The Balaban J connectivity index is 1.62. The van der Waals surface area contributed by atoms with Gasteiger partial charge in [0.2, 0.25) is 0 Å². The fourth-order valence-electron chi connectivity index (χ4n) is 3.03. The molecule has 5 rings (SSSR count). The van der Waals surface area contributed by atoms with Gasteiger partial charge in [-0.15, -0.1) is 11.3 Å². The van der Waals surface area contributed by atoms with E-state index < -0.39 is 0 Å². The first kappa shape index (κ1) is 15.0. The van der Waals surface area contributed by atoms with Crippen molar-refractivity contribution in [2.45, 2.75) is 0 Å². The van der Waals surface area contributed by atoms with Gasteiger partial charge in [-0.05, 0) is 23.8 Å². The van der Waals surface area contributed by atoms with Gasteiger partial charge < -0.3 is 5.32 Å². The van der Waals surface area contributed by atoms with Crippen LogP contribution in [0.15, 0.2) is 79.3 Å². The van der Waals surface area contributed by atoms with Crippen LogP contribution in [0.3, 0.4) is 0 Å². The van der Waals surface area contributed by atoms with Crippen LogP contribution in [0.2, 0.25) is 0 Å². The van der Waals surface area contributed by atoms with E-state index in [1.807, 2.05) is 36.4 Å². The van der Waals surface area contributed by atoms with E-state index in [0.717, 1.165) is 32.6 Å². The van der Waals surface area contributed by atoms with Crippen LogP contribution in [0.25, 0.3) is 31.6 Å². The van der Waals surface area contributed by atoms with Crippen molar-refractivity contribution in [1.29, 1.82) is 0 Å². The zero-order valence-corrected chi connectivity index (χ0v) is 14.6. The lowest BCUT2D eigenvalue weighted by atomic mass is 10.1. The zero-order chi connectivity index (χ0) is 17.3. The van der Waals surface area contributed by atoms with Crippen LogP contribution in [-0.4, -0.2) is 15.0 Å². The van der Waals surface area contributed by atoms with Gasteiger partial charge in [0.1, 0.15) is 17.0 Å². The van der Waals surface area contributed by atoms with Crippen LogP contribution in [0.1, 0.15) is 0 Å². The molecule has 3 aromatic heterocycles. The van der Waals surface area contributed by atoms with Gasteiger partial charge in [0.25, 0.3) is 0 Å². The molecule has 26 heavy (non-hydrogen) atoms. The highest BCUT2D eigenvalue weighted by Crippen LogP contribution is 2.36. The molecule has 0 atom stereocenters. The Kier molecular flexibility index (Phi) is 3.57. The van der Waals surface area contributed by atoms with Gasteiger partial charge >= 0.3 is 0 Å². The number of para-hydroxylation sites is 1. The molecular formula is C21H14N4S. The molecule has 0 unspecified atom stereocenters.